The van der Waals surface area contributed by atoms with Gasteiger partial charge in [-0.2, -0.15) is 0 Å². The van der Waals surface area contributed by atoms with Gasteiger partial charge in [0, 0.05) is 12.6 Å². The predicted octanol–water partition coefficient (Wildman–Crippen LogP) is 3.00. The van der Waals surface area contributed by atoms with Crippen LogP contribution in [0, 0.1) is 0 Å². The van der Waals surface area contributed by atoms with Gasteiger partial charge in [0.05, 0.1) is 0 Å². The number of nitrogens with one attached hydrogen (secondary N) is 1. The highest BCUT2D eigenvalue weighted by Crippen LogP contribution is 2.31. The number of benzene rings is 1. The molecular weight excluding hydrogens is 248 g/mol. The molecule has 1 aliphatic carbocycles. The van der Waals surface area contributed by atoms with Crippen molar-refractivity contribution in [2.75, 3.05) is 33.3 Å². The fraction of sp³-hybridized carbons (Fsp3) is 0.647. The van der Waals surface area contributed by atoms with Crippen LogP contribution in [0.4, 0.5) is 0 Å². The van der Waals surface area contributed by atoms with E-state index in [9.17, 15) is 0 Å². The second-order valence-electron chi connectivity index (χ2n) is 5.47. The Kier molecular flexibility index (Phi) is 5.86. The van der Waals surface area contributed by atoms with Gasteiger partial charge in [0.25, 0.3) is 0 Å². The maximum absolute atomic E-state index is 5.91. The first-order chi connectivity index (χ1) is 9.78. The van der Waals surface area contributed by atoms with E-state index in [-0.39, 0.29) is 0 Å². The minimum atomic E-state index is 0.517. The summed E-state index contributed by atoms with van der Waals surface area (Å²) in [6.07, 6.45) is 3.69. The van der Waals surface area contributed by atoms with Gasteiger partial charge >= 0.3 is 0 Å². The number of likely N-dealkylation sites (N-methyl/N-ethyl adjacent to an activating group) is 1. The van der Waals surface area contributed by atoms with E-state index in [0.717, 1.165) is 32.0 Å². The molecule has 1 unspecified atom stereocenters. The van der Waals surface area contributed by atoms with Crippen molar-refractivity contribution in [3.05, 3.63) is 29.3 Å². The Balaban J connectivity index is 1.94. The second-order valence-corrected chi connectivity index (χ2v) is 5.47. The minimum Gasteiger partial charge on any atom is -0.492 e. The van der Waals surface area contributed by atoms with Gasteiger partial charge in [0.2, 0.25) is 0 Å². The summed E-state index contributed by atoms with van der Waals surface area (Å²) in [7, 11) is 2.05. The van der Waals surface area contributed by atoms with Crippen molar-refractivity contribution in [2.45, 2.75) is 39.2 Å². The van der Waals surface area contributed by atoms with Gasteiger partial charge < -0.3 is 15.0 Å². The molecule has 1 aromatic rings. The summed E-state index contributed by atoms with van der Waals surface area (Å²) in [5.74, 6) is 1.02. The molecule has 0 saturated carbocycles. The molecule has 0 spiro atoms. The molecule has 0 aromatic heterocycles. The summed E-state index contributed by atoms with van der Waals surface area (Å²) in [4.78, 5) is 2.38. The van der Waals surface area contributed by atoms with Crippen molar-refractivity contribution in [3.8, 4) is 5.75 Å². The molecule has 1 aliphatic rings. The van der Waals surface area contributed by atoms with E-state index in [1.807, 2.05) is 7.05 Å². The Morgan fingerprint density at radius 3 is 2.80 bits per heavy atom. The quantitative estimate of drug-likeness (QED) is 0.828. The van der Waals surface area contributed by atoms with Crippen molar-refractivity contribution in [1.82, 2.24) is 10.2 Å². The van der Waals surface area contributed by atoms with Crippen LogP contribution in [0.1, 0.15) is 43.9 Å². The summed E-state index contributed by atoms with van der Waals surface area (Å²) in [6.45, 7) is 8.35. The van der Waals surface area contributed by atoms with Crippen LogP contribution in [0.25, 0.3) is 0 Å². The molecule has 0 bridgehead atoms. The van der Waals surface area contributed by atoms with Gasteiger partial charge in [-0.1, -0.05) is 19.9 Å². The van der Waals surface area contributed by atoms with Crippen LogP contribution >= 0.6 is 0 Å². The van der Waals surface area contributed by atoms with Crippen molar-refractivity contribution in [1.29, 1.82) is 0 Å². The normalized spacial score (nSPS) is 18.1. The topological polar surface area (TPSA) is 24.5 Å². The lowest BCUT2D eigenvalue weighted by Crippen LogP contribution is -2.28. The SMILES string of the molecule is CCN(CC)CCOc1ccc2c(c1)CCCC2NC. The fourth-order valence-corrected chi connectivity index (χ4v) is 3.01. The van der Waals surface area contributed by atoms with E-state index in [4.69, 9.17) is 4.74 Å². The van der Waals surface area contributed by atoms with Crippen LogP contribution in [0.5, 0.6) is 5.75 Å². The Bertz CT molecular complexity index is 415. The van der Waals surface area contributed by atoms with Gasteiger partial charge in [-0.25, -0.2) is 0 Å². The number of hydrogen-bond acceptors (Lipinski definition) is 3. The van der Waals surface area contributed by atoms with Crippen molar-refractivity contribution < 1.29 is 4.74 Å². The standard InChI is InChI=1S/C17H28N2O/c1-4-19(5-2)11-12-20-15-9-10-16-14(13-15)7-6-8-17(16)18-3/h9-10,13,17-18H,4-8,11-12H2,1-3H3. The maximum atomic E-state index is 5.91. The number of fused-ring (bicyclic) bond motifs is 1. The number of rotatable bonds is 7. The Hall–Kier alpha value is -1.06. The molecule has 0 saturated heterocycles. The van der Waals surface area contributed by atoms with Crippen LogP contribution in [0.15, 0.2) is 18.2 Å². The Morgan fingerprint density at radius 2 is 2.10 bits per heavy atom. The van der Waals surface area contributed by atoms with Crippen LogP contribution in [-0.4, -0.2) is 38.2 Å². The zero-order chi connectivity index (χ0) is 14.4. The molecule has 0 heterocycles. The first kappa shape index (κ1) is 15.3. The molecule has 1 N–H and O–H groups in total. The zero-order valence-electron chi connectivity index (χ0n) is 13.1. The first-order valence-electron chi connectivity index (χ1n) is 7.93. The van der Waals surface area contributed by atoms with Gasteiger partial charge in [-0.15, -0.1) is 0 Å². The molecular formula is C17H28N2O. The van der Waals surface area contributed by atoms with Crippen molar-refractivity contribution in [2.24, 2.45) is 0 Å². The van der Waals surface area contributed by atoms with E-state index < -0.39 is 0 Å². The summed E-state index contributed by atoms with van der Waals surface area (Å²) < 4.78 is 5.91. The van der Waals surface area contributed by atoms with Crippen molar-refractivity contribution >= 4 is 0 Å². The highest BCUT2D eigenvalue weighted by Gasteiger charge is 2.18. The highest BCUT2D eigenvalue weighted by molar-refractivity contribution is 5.39. The van der Waals surface area contributed by atoms with E-state index in [2.05, 4.69) is 42.3 Å². The van der Waals surface area contributed by atoms with Gasteiger partial charge in [-0.05, 0) is 62.7 Å². The first-order valence-corrected chi connectivity index (χ1v) is 7.93. The molecule has 0 aliphatic heterocycles. The molecule has 0 radical (unpaired) electrons. The van der Waals surface area contributed by atoms with Gasteiger partial charge in [0.15, 0.2) is 0 Å². The monoisotopic (exact) mass is 276 g/mol. The number of aryl methyl sites for hydroxylation is 1. The Labute approximate surface area is 123 Å². The molecule has 3 heteroatoms. The van der Waals surface area contributed by atoms with E-state index in [1.165, 1.54) is 30.4 Å². The third-order valence-electron chi connectivity index (χ3n) is 4.35. The number of ether oxygens (including phenoxy) is 1. The minimum absolute atomic E-state index is 0.517. The lowest BCUT2D eigenvalue weighted by molar-refractivity contribution is 0.222. The van der Waals surface area contributed by atoms with Crippen LogP contribution in [-0.2, 0) is 6.42 Å². The fourth-order valence-electron chi connectivity index (χ4n) is 3.01. The molecule has 1 atom stereocenters. The third kappa shape index (κ3) is 3.74. The summed E-state index contributed by atoms with van der Waals surface area (Å²) in [5.41, 5.74) is 2.91. The predicted molar refractivity (Wildman–Crippen MR) is 84.5 cm³/mol. The highest BCUT2D eigenvalue weighted by atomic mass is 16.5. The third-order valence-corrected chi connectivity index (χ3v) is 4.35. The molecule has 0 amide bonds. The molecule has 0 fully saturated rings. The Morgan fingerprint density at radius 1 is 1.30 bits per heavy atom. The average molecular weight is 276 g/mol. The molecule has 3 nitrogen and oxygen atoms in total. The summed E-state index contributed by atoms with van der Waals surface area (Å²) in [5, 5.41) is 3.41. The molecule has 1 aromatic carbocycles. The lowest BCUT2D eigenvalue weighted by atomic mass is 9.87. The summed E-state index contributed by atoms with van der Waals surface area (Å²) in [6, 6.07) is 7.11. The smallest absolute Gasteiger partial charge is 0.119 e. The van der Waals surface area contributed by atoms with Crippen molar-refractivity contribution in [3.63, 3.8) is 0 Å². The number of hydrogen-bond donors (Lipinski definition) is 1. The van der Waals surface area contributed by atoms with Crippen LogP contribution in [0.3, 0.4) is 0 Å². The van der Waals surface area contributed by atoms with Crippen LogP contribution < -0.4 is 10.1 Å². The van der Waals surface area contributed by atoms with Gasteiger partial charge in [0.1, 0.15) is 12.4 Å². The lowest BCUT2D eigenvalue weighted by Gasteiger charge is -2.25. The molecule has 112 valence electrons. The maximum Gasteiger partial charge on any atom is 0.119 e. The molecule has 20 heavy (non-hydrogen) atoms. The number of nitrogens with zero attached hydrogens (tertiary/aromatic N) is 1. The van der Waals surface area contributed by atoms with E-state index in [1.54, 1.807) is 0 Å². The zero-order valence-corrected chi connectivity index (χ0v) is 13.1. The van der Waals surface area contributed by atoms with Crippen LogP contribution in [0.2, 0.25) is 0 Å². The average Bonchev–Trinajstić information content (AvgIpc) is 2.50. The largest absolute Gasteiger partial charge is 0.492 e. The van der Waals surface area contributed by atoms with E-state index in [0.29, 0.717) is 6.04 Å². The summed E-state index contributed by atoms with van der Waals surface area (Å²) >= 11 is 0. The second kappa shape index (κ2) is 7.65. The van der Waals surface area contributed by atoms with Gasteiger partial charge in [-0.3, -0.25) is 0 Å². The van der Waals surface area contributed by atoms with E-state index >= 15 is 0 Å². The molecule has 2 rings (SSSR count).